The molecule has 0 bridgehead atoms. The fourth-order valence-electron chi connectivity index (χ4n) is 2.55. The molecule has 1 amide bonds. The van der Waals surface area contributed by atoms with Crippen LogP contribution >= 0.6 is 0 Å². The molecule has 1 aliphatic carbocycles. The minimum Gasteiger partial charge on any atom is -0.352 e. The number of hydrogen-bond acceptors (Lipinski definition) is 3. The minimum absolute atomic E-state index is 0.0181. The first-order valence-corrected chi connectivity index (χ1v) is 6.60. The van der Waals surface area contributed by atoms with E-state index >= 15 is 0 Å². The van der Waals surface area contributed by atoms with Crippen LogP contribution in [-0.4, -0.2) is 28.3 Å². The first-order valence-electron chi connectivity index (χ1n) is 6.60. The maximum atomic E-state index is 12.0. The van der Waals surface area contributed by atoms with Crippen LogP contribution in [0.2, 0.25) is 0 Å². The molecular weight excluding hydrogens is 228 g/mol. The molecule has 3 N–H and O–H groups in total. The van der Waals surface area contributed by atoms with Crippen molar-refractivity contribution in [1.82, 2.24) is 15.1 Å². The zero-order chi connectivity index (χ0) is 13.1. The predicted octanol–water partition coefficient (Wildman–Crippen LogP) is 0.976. The first kappa shape index (κ1) is 13.1. The highest BCUT2D eigenvalue weighted by Crippen LogP contribution is 2.22. The number of aryl methyl sites for hydroxylation is 2. The molecule has 0 spiro atoms. The monoisotopic (exact) mass is 250 g/mol. The van der Waals surface area contributed by atoms with E-state index in [0.717, 1.165) is 37.9 Å². The van der Waals surface area contributed by atoms with Crippen molar-refractivity contribution in [2.75, 3.05) is 6.54 Å². The Balaban J connectivity index is 1.83. The molecule has 1 aromatic rings. The Morgan fingerprint density at radius 1 is 1.50 bits per heavy atom. The van der Waals surface area contributed by atoms with E-state index in [4.69, 9.17) is 5.73 Å². The molecule has 1 fully saturated rings. The van der Waals surface area contributed by atoms with Gasteiger partial charge in [0, 0.05) is 25.8 Å². The van der Waals surface area contributed by atoms with E-state index in [9.17, 15) is 4.79 Å². The van der Waals surface area contributed by atoms with Gasteiger partial charge in [0.1, 0.15) is 0 Å². The van der Waals surface area contributed by atoms with E-state index in [0.29, 0.717) is 17.5 Å². The lowest BCUT2D eigenvalue weighted by Crippen LogP contribution is -2.34. The predicted molar refractivity (Wildman–Crippen MR) is 70.2 cm³/mol. The number of nitrogens with one attached hydrogen (secondary N) is 1. The molecule has 1 saturated carbocycles. The fourth-order valence-corrected chi connectivity index (χ4v) is 2.55. The van der Waals surface area contributed by atoms with Gasteiger partial charge < -0.3 is 11.1 Å². The Hall–Kier alpha value is -1.36. The molecule has 1 aliphatic rings. The van der Waals surface area contributed by atoms with E-state index in [-0.39, 0.29) is 5.91 Å². The largest absolute Gasteiger partial charge is 0.352 e. The molecule has 5 heteroatoms. The van der Waals surface area contributed by atoms with E-state index in [1.54, 1.807) is 10.9 Å². The smallest absolute Gasteiger partial charge is 0.254 e. The number of hydrogen-bond donors (Lipinski definition) is 2. The van der Waals surface area contributed by atoms with Gasteiger partial charge in [0.25, 0.3) is 5.91 Å². The highest BCUT2D eigenvalue weighted by Gasteiger charge is 2.20. The van der Waals surface area contributed by atoms with Gasteiger partial charge in [-0.2, -0.15) is 5.10 Å². The highest BCUT2D eigenvalue weighted by molar-refractivity contribution is 5.94. The van der Waals surface area contributed by atoms with Gasteiger partial charge in [0.15, 0.2) is 0 Å². The van der Waals surface area contributed by atoms with Crippen molar-refractivity contribution >= 4 is 5.91 Å². The van der Waals surface area contributed by atoms with Gasteiger partial charge in [0.2, 0.25) is 0 Å². The van der Waals surface area contributed by atoms with Crippen LogP contribution in [-0.2, 0) is 7.05 Å². The standard InChI is InChI=1S/C13H22N4O/c1-9-12(8-17(2)16-9)13(18)15-7-10-3-5-11(14)6-4-10/h8,10-11H,3-7,14H2,1-2H3,(H,15,18). The molecule has 5 nitrogen and oxygen atoms in total. The van der Waals surface area contributed by atoms with Crippen LogP contribution < -0.4 is 11.1 Å². The molecule has 0 radical (unpaired) electrons. The summed E-state index contributed by atoms with van der Waals surface area (Å²) in [6, 6.07) is 0.359. The van der Waals surface area contributed by atoms with Crippen molar-refractivity contribution < 1.29 is 4.79 Å². The second kappa shape index (κ2) is 5.52. The lowest BCUT2D eigenvalue weighted by molar-refractivity contribution is 0.0942. The minimum atomic E-state index is -0.0181. The van der Waals surface area contributed by atoms with E-state index in [1.165, 1.54) is 0 Å². The van der Waals surface area contributed by atoms with Gasteiger partial charge in [-0.25, -0.2) is 0 Å². The van der Waals surface area contributed by atoms with Crippen molar-refractivity contribution in [2.45, 2.75) is 38.6 Å². The molecule has 0 aliphatic heterocycles. The molecule has 0 saturated heterocycles. The Kier molecular flexibility index (Phi) is 4.01. The lowest BCUT2D eigenvalue weighted by atomic mass is 9.86. The van der Waals surface area contributed by atoms with Crippen LogP contribution in [0.3, 0.4) is 0 Å². The number of aromatic nitrogens is 2. The van der Waals surface area contributed by atoms with Crippen LogP contribution in [0, 0.1) is 12.8 Å². The molecule has 100 valence electrons. The van der Waals surface area contributed by atoms with Gasteiger partial charge in [0.05, 0.1) is 11.3 Å². The topological polar surface area (TPSA) is 72.9 Å². The summed E-state index contributed by atoms with van der Waals surface area (Å²) < 4.78 is 1.67. The third-order valence-electron chi connectivity index (χ3n) is 3.70. The summed E-state index contributed by atoms with van der Waals surface area (Å²) in [5.74, 6) is 0.557. The van der Waals surface area contributed by atoms with E-state index < -0.39 is 0 Å². The molecule has 1 heterocycles. The Morgan fingerprint density at radius 3 is 2.72 bits per heavy atom. The molecule has 1 aromatic heterocycles. The summed E-state index contributed by atoms with van der Waals surface area (Å²) in [7, 11) is 1.83. The Bertz CT molecular complexity index is 419. The van der Waals surface area contributed by atoms with Crippen molar-refractivity contribution in [3.63, 3.8) is 0 Å². The summed E-state index contributed by atoms with van der Waals surface area (Å²) in [6.45, 7) is 2.61. The highest BCUT2D eigenvalue weighted by atomic mass is 16.1. The van der Waals surface area contributed by atoms with Crippen molar-refractivity contribution in [2.24, 2.45) is 18.7 Å². The second-order valence-electron chi connectivity index (χ2n) is 5.29. The summed E-state index contributed by atoms with van der Waals surface area (Å²) >= 11 is 0. The number of carbonyl (C=O) groups is 1. The van der Waals surface area contributed by atoms with Crippen LogP contribution in [0.15, 0.2) is 6.20 Å². The number of nitrogens with zero attached hydrogens (tertiary/aromatic N) is 2. The van der Waals surface area contributed by atoms with Gasteiger partial charge in [-0.05, 0) is 38.5 Å². The SMILES string of the molecule is Cc1nn(C)cc1C(=O)NCC1CCC(N)CC1. The summed E-state index contributed by atoms with van der Waals surface area (Å²) in [5.41, 5.74) is 7.32. The third kappa shape index (κ3) is 3.10. The van der Waals surface area contributed by atoms with Crippen LogP contribution in [0.5, 0.6) is 0 Å². The number of carbonyl (C=O) groups excluding carboxylic acids is 1. The normalized spacial score (nSPS) is 23.9. The zero-order valence-corrected chi connectivity index (χ0v) is 11.1. The molecule has 0 aromatic carbocycles. The van der Waals surface area contributed by atoms with Crippen LogP contribution in [0.25, 0.3) is 0 Å². The number of amides is 1. The van der Waals surface area contributed by atoms with Gasteiger partial charge >= 0.3 is 0 Å². The fraction of sp³-hybridized carbons (Fsp3) is 0.692. The maximum Gasteiger partial charge on any atom is 0.254 e. The molecule has 2 rings (SSSR count). The van der Waals surface area contributed by atoms with Crippen LogP contribution in [0.4, 0.5) is 0 Å². The average molecular weight is 250 g/mol. The Morgan fingerprint density at radius 2 is 2.17 bits per heavy atom. The van der Waals surface area contributed by atoms with Crippen molar-refractivity contribution in [1.29, 1.82) is 0 Å². The first-order chi connectivity index (χ1) is 8.56. The molecular formula is C13H22N4O. The number of nitrogens with two attached hydrogens (primary N) is 1. The zero-order valence-electron chi connectivity index (χ0n) is 11.1. The quantitative estimate of drug-likeness (QED) is 0.839. The average Bonchev–Trinajstić information content (AvgIpc) is 2.67. The van der Waals surface area contributed by atoms with Crippen molar-refractivity contribution in [3.05, 3.63) is 17.5 Å². The summed E-state index contributed by atoms with van der Waals surface area (Å²) in [5, 5.41) is 7.18. The molecule has 18 heavy (non-hydrogen) atoms. The third-order valence-corrected chi connectivity index (χ3v) is 3.70. The van der Waals surface area contributed by atoms with Gasteiger partial charge in [-0.15, -0.1) is 0 Å². The van der Waals surface area contributed by atoms with E-state index in [2.05, 4.69) is 10.4 Å². The van der Waals surface area contributed by atoms with Gasteiger partial charge in [-0.1, -0.05) is 0 Å². The second-order valence-corrected chi connectivity index (χ2v) is 5.29. The van der Waals surface area contributed by atoms with Crippen molar-refractivity contribution in [3.8, 4) is 0 Å². The van der Waals surface area contributed by atoms with Crippen LogP contribution in [0.1, 0.15) is 41.7 Å². The summed E-state index contributed by atoms with van der Waals surface area (Å²) in [6.07, 6.45) is 6.15. The van der Waals surface area contributed by atoms with Gasteiger partial charge in [-0.3, -0.25) is 9.48 Å². The Labute approximate surface area is 108 Å². The number of rotatable bonds is 3. The molecule has 0 unspecified atom stereocenters. The van der Waals surface area contributed by atoms with E-state index in [1.807, 2.05) is 14.0 Å². The molecule has 0 atom stereocenters. The lowest BCUT2D eigenvalue weighted by Gasteiger charge is -2.26. The summed E-state index contributed by atoms with van der Waals surface area (Å²) in [4.78, 5) is 12.0. The maximum absolute atomic E-state index is 12.0.